The van der Waals surface area contributed by atoms with Gasteiger partial charge in [0.05, 0.1) is 5.02 Å². The van der Waals surface area contributed by atoms with Crippen molar-refractivity contribution in [2.75, 3.05) is 0 Å². The van der Waals surface area contributed by atoms with Gasteiger partial charge in [-0.05, 0) is 24.6 Å². The van der Waals surface area contributed by atoms with Crippen molar-refractivity contribution in [1.29, 1.82) is 5.26 Å². The monoisotopic (exact) mass is 229 g/mol. The van der Waals surface area contributed by atoms with Crippen molar-refractivity contribution >= 4 is 11.6 Å². The molecule has 3 nitrogen and oxygen atoms in total. The van der Waals surface area contributed by atoms with Crippen LogP contribution in [-0.4, -0.2) is 9.97 Å². The second-order valence-corrected chi connectivity index (χ2v) is 3.76. The molecule has 2 rings (SSSR count). The number of aromatic nitrogens is 2. The molecule has 2 aromatic heterocycles. The van der Waals surface area contributed by atoms with Crippen molar-refractivity contribution in [1.82, 2.24) is 9.97 Å². The van der Waals surface area contributed by atoms with Crippen LogP contribution in [-0.2, 0) is 0 Å². The van der Waals surface area contributed by atoms with Crippen molar-refractivity contribution in [3.8, 4) is 17.2 Å². The zero-order valence-corrected chi connectivity index (χ0v) is 9.36. The van der Waals surface area contributed by atoms with Gasteiger partial charge in [-0.15, -0.1) is 0 Å². The fraction of sp³-hybridized carbons (Fsp3) is 0.0833. The maximum absolute atomic E-state index is 8.80. The van der Waals surface area contributed by atoms with Gasteiger partial charge in [-0.25, -0.2) is 4.98 Å². The molecule has 0 unspecified atom stereocenters. The average Bonchev–Trinajstić information content (AvgIpc) is 2.31. The van der Waals surface area contributed by atoms with Crippen LogP contribution in [0.4, 0.5) is 0 Å². The number of aryl methyl sites for hydroxylation is 1. The minimum absolute atomic E-state index is 0.350. The number of halogens is 1. The van der Waals surface area contributed by atoms with Crippen molar-refractivity contribution in [3.05, 3.63) is 47.0 Å². The minimum atomic E-state index is 0.350. The van der Waals surface area contributed by atoms with Crippen LogP contribution in [0.5, 0.6) is 0 Å². The highest BCUT2D eigenvalue weighted by Gasteiger charge is 2.08. The minimum Gasteiger partial charge on any atom is -0.264 e. The van der Waals surface area contributed by atoms with Gasteiger partial charge in [-0.1, -0.05) is 11.6 Å². The molecule has 0 aliphatic heterocycles. The molecule has 0 aromatic carbocycles. The summed E-state index contributed by atoms with van der Waals surface area (Å²) in [5, 5.41) is 9.32. The number of nitriles is 1. The first-order valence-electron chi connectivity index (χ1n) is 4.69. The Morgan fingerprint density at radius 1 is 1.31 bits per heavy atom. The summed E-state index contributed by atoms with van der Waals surface area (Å²) < 4.78 is 0. The van der Waals surface area contributed by atoms with Crippen molar-refractivity contribution < 1.29 is 0 Å². The van der Waals surface area contributed by atoms with Crippen LogP contribution in [0.15, 0.2) is 30.7 Å². The summed E-state index contributed by atoms with van der Waals surface area (Å²) in [7, 11) is 0. The second-order valence-electron chi connectivity index (χ2n) is 3.35. The van der Waals surface area contributed by atoms with Gasteiger partial charge in [0.15, 0.2) is 0 Å². The van der Waals surface area contributed by atoms with E-state index in [0.29, 0.717) is 10.7 Å². The topological polar surface area (TPSA) is 49.6 Å². The predicted molar refractivity (Wildman–Crippen MR) is 61.9 cm³/mol. The molecular formula is C12H8ClN3. The van der Waals surface area contributed by atoms with E-state index in [4.69, 9.17) is 16.9 Å². The molecule has 0 bridgehead atoms. The third-order valence-electron chi connectivity index (χ3n) is 2.30. The number of hydrogen-bond donors (Lipinski definition) is 0. The Morgan fingerprint density at radius 2 is 2.12 bits per heavy atom. The summed E-state index contributed by atoms with van der Waals surface area (Å²) in [5.41, 5.74) is 3.12. The highest BCUT2D eigenvalue weighted by Crippen LogP contribution is 2.29. The highest BCUT2D eigenvalue weighted by molar-refractivity contribution is 6.33. The van der Waals surface area contributed by atoms with Gasteiger partial charge >= 0.3 is 0 Å². The first kappa shape index (κ1) is 10.6. The van der Waals surface area contributed by atoms with E-state index in [9.17, 15) is 0 Å². The molecule has 0 aliphatic carbocycles. The number of hydrogen-bond acceptors (Lipinski definition) is 3. The third kappa shape index (κ3) is 1.88. The molecule has 0 aliphatic rings. The second kappa shape index (κ2) is 4.30. The Hall–Kier alpha value is -1.92. The molecular weight excluding hydrogens is 222 g/mol. The summed E-state index contributed by atoms with van der Waals surface area (Å²) in [6.45, 7) is 1.97. The van der Waals surface area contributed by atoms with Gasteiger partial charge in [0, 0.05) is 29.7 Å². The van der Waals surface area contributed by atoms with Gasteiger partial charge in [-0.3, -0.25) is 4.98 Å². The Morgan fingerprint density at radius 3 is 2.81 bits per heavy atom. The van der Waals surface area contributed by atoms with Gasteiger partial charge in [0.2, 0.25) is 0 Å². The van der Waals surface area contributed by atoms with E-state index in [0.717, 1.165) is 16.7 Å². The van der Waals surface area contributed by atoms with Gasteiger partial charge in [0.25, 0.3) is 0 Å². The zero-order valence-electron chi connectivity index (χ0n) is 8.61. The molecule has 0 atom stereocenters. The SMILES string of the molecule is Cc1ccncc1-c1cc(C#N)ncc1Cl. The predicted octanol–water partition coefficient (Wildman–Crippen LogP) is 2.98. The lowest BCUT2D eigenvalue weighted by atomic mass is 10.0. The third-order valence-corrected chi connectivity index (χ3v) is 2.60. The average molecular weight is 230 g/mol. The number of pyridine rings is 2. The molecule has 16 heavy (non-hydrogen) atoms. The molecule has 0 saturated heterocycles. The lowest BCUT2D eigenvalue weighted by Crippen LogP contribution is -1.89. The number of nitrogens with zero attached hydrogens (tertiary/aromatic N) is 3. The van der Waals surface area contributed by atoms with E-state index >= 15 is 0 Å². The quantitative estimate of drug-likeness (QED) is 0.755. The molecule has 0 radical (unpaired) electrons. The fourth-order valence-electron chi connectivity index (χ4n) is 1.45. The van der Waals surface area contributed by atoms with E-state index in [-0.39, 0.29) is 0 Å². The van der Waals surface area contributed by atoms with E-state index < -0.39 is 0 Å². The molecule has 0 saturated carbocycles. The van der Waals surface area contributed by atoms with Crippen molar-refractivity contribution in [2.24, 2.45) is 0 Å². The highest BCUT2D eigenvalue weighted by atomic mass is 35.5. The first-order chi connectivity index (χ1) is 7.72. The first-order valence-corrected chi connectivity index (χ1v) is 5.07. The molecule has 2 heterocycles. The smallest absolute Gasteiger partial charge is 0.141 e. The van der Waals surface area contributed by atoms with Gasteiger partial charge < -0.3 is 0 Å². The Kier molecular flexibility index (Phi) is 2.84. The summed E-state index contributed by atoms with van der Waals surface area (Å²) in [6, 6.07) is 5.57. The van der Waals surface area contributed by atoms with Crippen LogP contribution in [0, 0.1) is 18.3 Å². The standard InChI is InChI=1S/C12H8ClN3/c1-8-2-3-15-6-11(8)10-4-9(5-14)16-7-12(10)13/h2-4,6-7H,1H3. The zero-order chi connectivity index (χ0) is 11.5. The Balaban J connectivity index is 2.65. The van der Waals surface area contributed by atoms with Gasteiger partial charge in [0.1, 0.15) is 11.8 Å². The molecule has 0 spiro atoms. The molecule has 2 aromatic rings. The van der Waals surface area contributed by atoms with E-state index in [1.807, 2.05) is 19.1 Å². The van der Waals surface area contributed by atoms with Crippen LogP contribution in [0.3, 0.4) is 0 Å². The fourth-order valence-corrected chi connectivity index (χ4v) is 1.66. The summed E-state index contributed by atoms with van der Waals surface area (Å²) in [5.74, 6) is 0. The van der Waals surface area contributed by atoms with Crippen LogP contribution in [0.2, 0.25) is 5.02 Å². The van der Waals surface area contributed by atoms with E-state index in [2.05, 4.69) is 9.97 Å². The summed E-state index contributed by atoms with van der Waals surface area (Å²) in [4.78, 5) is 7.96. The molecule has 78 valence electrons. The Labute approximate surface area is 98.4 Å². The maximum Gasteiger partial charge on any atom is 0.141 e. The summed E-state index contributed by atoms with van der Waals surface area (Å²) >= 11 is 6.06. The normalized spacial score (nSPS) is 9.81. The lowest BCUT2D eigenvalue weighted by molar-refractivity contribution is 1.25. The van der Waals surface area contributed by atoms with Gasteiger partial charge in [-0.2, -0.15) is 5.26 Å². The van der Waals surface area contributed by atoms with Crippen LogP contribution >= 0.6 is 11.6 Å². The van der Waals surface area contributed by atoms with E-state index in [1.54, 1.807) is 18.5 Å². The van der Waals surface area contributed by atoms with Crippen molar-refractivity contribution in [2.45, 2.75) is 6.92 Å². The maximum atomic E-state index is 8.80. The molecule has 0 amide bonds. The lowest BCUT2D eigenvalue weighted by Gasteiger charge is -2.06. The van der Waals surface area contributed by atoms with Crippen LogP contribution in [0.1, 0.15) is 11.3 Å². The molecule has 4 heteroatoms. The number of rotatable bonds is 1. The van der Waals surface area contributed by atoms with Crippen molar-refractivity contribution in [3.63, 3.8) is 0 Å². The largest absolute Gasteiger partial charge is 0.264 e. The molecule has 0 N–H and O–H groups in total. The van der Waals surface area contributed by atoms with E-state index in [1.165, 1.54) is 6.20 Å². The molecule has 0 fully saturated rings. The Bertz CT molecular complexity index is 573. The van der Waals surface area contributed by atoms with Crippen LogP contribution < -0.4 is 0 Å². The van der Waals surface area contributed by atoms with Crippen LogP contribution in [0.25, 0.3) is 11.1 Å². The summed E-state index contributed by atoms with van der Waals surface area (Å²) in [6.07, 6.45) is 4.94.